The van der Waals surface area contributed by atoms with Crippen molar-refractivity contribution in [3.05, 3.63) is 65.2 Å². The van der Waals surface area contributed by atoms with Crippen LogP contribution in [0.1, 0.15) is 31.9 Å². The lowest BCUT2D eigenvalue weighted by molar-refractivity contribution is -0.659. The number of thiophene rings is 1. The van der Waals surface area contributed by atoms with Gasteiger partial charge in [0.15, 0.2) is 11.1 Å². The highest BCUT2D eigenvalue weighted by Crippen LogP contribution is 2.53. The Balaban J connectivity index is 1.68. The fourth-order valence-electron chi connectivity index (χ4n) is 5.72. The fourth-order valence-corrected chi connectivity index (χ4v) is 6.49. The number of aryl methyl sites for hydroxylation is 2. The highest BCUT2D eigenvalue weighted by molar-refractivity contribution is 7.16. The third-order valence-electron chi connectivity index (χ3n) is 7.14. The first-order valence-corrected chi connectivity index (χ1v) is 12.7. The van der Waals surface area contributed by atoms with Crippen molar-refractivity contribution >= 4 is 54.1 Å². The van der Waals surface area contributed by atoms with Crippen molar-refractivity contribution < 1.29 is 13.7 Å². The van der Waals surface area contributed by atoms with Crippen LogP contribution in [0.25, 0.3) is 54.1 Å². The van der Waals surface area contributed by atoms with E-state index in [0.29, 0.717) is 0 Å². The van der Waals surface area contributed by atoms with Gasteiger partial charge in [0.2, 0.25) is 5.69 Å². The first-order valence-electron chi connectivity index (χ1n) is 11.8. The second kappa shape index (κ2) is 6.61. The van der Waals surface area contributed by atoms with Crippen LogP contribution in [0.3, 0.4) is 0 Å². The molecule has 4 heterocycles. The lowest BCUT2D eigenvalue weighted by atomic mass is 9.81. The summed E-state index contributed by atoms with van der Waals surface area (Å²) >= 11 is 1.65. The van der Waals surface area contributed by atoms with Gasteiger partial charge >= 0.3 is 0 Å². The van der Waals surface area contributed by atoms with Crippen LogP contribution in [0, 0.1) is 12.3 Å². The second-order valence-corrected chi connectivity index (χ2v) is 11.6. The molecule has 0 fully saturated rings. The van der Waals surface area contributed by atoms with E-state index in [-0.39, 0.29) is 5.41 Å². The molecule has 0 amide bonds. The standard InChI is InChI=1S/C30H26NO2S/c1-16-17-8-6-7-9-18(17)22(15-30(2,3)4)28-24(16)26-25-20(10-12-31(26)5)27-21(14-23(25)32-28)19-11-13-34-29(19)33-27/h6-14H,15H2,1-5H3/q+1. The van der Waals surface area contributed by atoms with Gasteiger partial charge in [-0.05, 0) is 52.6 Å². The van der Waals surface area contributed by atoms with Crippen molar-refractivity contribution in [1.29, 1.82) is 0 Å². The minimum Gasteiger partial charge on any atom is -0.455 e. The van der Waals surface area contributed by atoms with Crippen molar-refractivity contribution in [2.45, 2.75) is 34.1 Å². The van der Waals surface area contributed by atoms with Crippen molar-refractivity contribution in [1.82, 2.24) is 0 Å². The van der Waals surface area contributed by atoms with Gasteiger partial charge in [0.05, 0.1) is 5.56 Å². The number of benzene rings is 3. The number of fused-ring (bicyclic) bond motifs is 7. The van der Waals surface area contributed by atoms with E-state index >= 15 is 0 Å². The molecule has 168 valence electrons. The SMILES string of the molecule is Cc1c2c(c(CC(C)(C)C)c3ccccc13)Oc1cc3c4ccsc4oc3c3cc[n+](C)c-2c13. The van der Waals surface area contributed by atoms with Crippen LogP contribution in [0.15, 0.2) is 58.5 Å². The van der Waals surface area contributed by atoms with E-state index in [9.17, 15) is 0 Å². The number of nitrogens with zero attached hydrogens (tertiary/aromatic N) is 1. The summed E-state index contributed by atoms with van der Waals surface area (Å²) in [6.45, 7) is 9.13. The van der Waals surface area contributed by atoms with Crippen molar-refractivity contribution in [2.75, 3.05) is 0 Å². The highest BCUT2D eigenvalue weighted by Gasteiger charge is 2.35. The van der Waals surface area contributed by atoms with Gasteiger partial charge < -0.3 is 9.15 Å². The number of hydrogen-bond donors (Lipinski definition) is 0. The van der Waals surface area contributed by atoms with Gasteiger partial charge in [0.1, 0.15) is 29.5 Å². The van der Waals surface area contributed by atoms with Crippen molar-refractivity contribution in [2.24, 2.45) is 12.5 Å². The summed E-state index contributed by atoms with van der Waals surface area (Å²) in [6.07, 6.45) is 3.10. The van der Waals surface area contributed by atoms with E-state index in [0.717, 1.165) is 49.9 Å². The largest absolute Gasteiger partial charge is 0.455 e. The maximum atomic E-state index is 6.92. The number of pyridine rings is 1. The maximum absolute atomic E-state index is 6.92. The third-order valence-corrected chi connectivity index (χ3v) is 7.93. The van der Waals surface area contributed by atoms with E-state index in [1.54, 1.807) is 11.3 Å². The predicted molar refractivity (Wildman–Crippen MR) is 141 cm³/mol. The number of aromatic nitrogens is 1. The molecule has 3 nitrogen and oxygen atoms in total. The van der Waals surface area contributed by atoms with E-state index in [4.69, 9.17) is 9.15 Å². The molecule has 0 aliphatic carbocycles. The molecule has 0 saturated heterocycles. The summed E-state index contributed by atoms with van der Waals surface area (Å²) in [5.74, 6) is 1.92. The Bertz CT molecular complexity index is 1810. The molecule has 0 bridgehead atoms. The molecule has 0 unspecified atom stereocenters. The number of ether oxygens (including phenoxy) is 1. The summed E-state index contributed by atoms with van der Waals surface area (Å²) in [7, 11) is 2.14. The molecule has 1 aliphatic rings. The molecule has 3 aromatic carbocycles. The van der Waals surface area contributed by atoms with Crippen LogP contribution in [0.5, 0.6) is 11.5 Å². The van der Waals surface area contributed by atoms with Crippen LogP contribution in [-0.2, 0) is 13.5 Å². The Hall–Kier alpha value is -3.37. The zero-order chi connectivity index (χ0) is 23.4. The molecule has 0 atom stereocenters. The Morgan fingerprint density at radius 1 is 0.941 bits per heavy atom. The third kappa shape index (κ3) is 2.60. The van der Waals surface area contributed by atoms with E-state index < -0.39 is 0 Å². The zero-order valence-electron chi connectivity index (χ0n) is 20.1. The highest BCUT2D eigenvalue weighted by atomic mass is 32.1. The van der Waals surface area contributed by atoms with Crippen LogP contribution >= 0.6 is 11.3 Å². The molecule has 1 aliphatic heterocycles. The molecule has 0 spiro atoms. The summed E-state index contributed by atoms with van der Waals surface area (Å²) in [4.78, 5) is 0.968. The Morgan fingerprint density at radius 2 is 1.74 bits per heavy atom. The van der Waals surface area contributed by atoms with E-state index in [1.807, 2.05) is 0 Å². The molecular weight excluding hydrogens is 438 g/mol. The van der Waals surface area contributed by atoms with E-state index in [2.05, 4.69) is 93.4 Å². The molecule has 4 heteroatoms. The second-order valence-electron chi connectivity index (χ2n) is 10.7. The molecule has 6 aromatic rings. The van der Waals surface area contributed by atoms with Gasteiger partial charge in [-0.1, -0.05) is 45.0 Å². The lowest BCUT2D eigenvalue weighted by Gasteiger charge is -2.28. The summed E-state index contributed by atoms with van der Waals surface area (Å²) < 4.78 is 15.5. The van der Waals surface area contributed by atoms with Gasteiger partial charge in [-0.25, -0.2) is 4.57 Å². The minimum absolute atomic E-state index is 0.126. The molecule has 34 heavy (non-hydrogen) atoms. The van der Waals surface area contributed by atoms with Crippen molar-refractivity contribution in [3.63, 3.8) is 0 Å². The zero-order valence-corrected chi connectivity index (χ0v) is 20.9. The number of rotatable bonds is 1. The maximum Gasteiger partial charge on any atom is 0.228 e. The van der Waals surface area contributed by atoms with Gasteiger partial charge in [-0.15, -0.1) is 11.3 Å². The van der Waals surface area contributed by atoms with Gasteiger partial charge in [-0.2, -0.15) is 0 Å². The summed E-state index contributed by atoms with van der Waals surface area (Å²) in [6, 6.07) is 15.3. The molecule has 0 N–H and O–H groups in total. The van der Waals surface area contributed by atoms with Gasteiger partial charge in [0, 0.05) is 27.8 Å². The predicted octanol–water partition coefficient (Wildman–Crippen LogP) is 8.45. The fraction of sp³-hybridized carbons (Fsp3) is 0.233. The molecule has 0 saturated carbocycles. The first kappa shape index (κ1) is 20.0. The number of hydrogen-bond acceptors (Lipinski definition) is 3. The topological polar surface area (TPSA) is 26.2 Å². The molecule has 7 rings (SSSR count). The average molecular weight is 465 g/mol. The minimum atomic E-state index is 0.126. The monoisotopic (exact) mass is 464 g/mol. The van der Waals surface area contributed by atoms with Gasteiger partial charge in [-0.3, -0.25) is 0 Å². The van der Waals surface area contributed by atoms with Crippen LogP contribution in [0.4, 0.5) is 0 Å². The molecule has 3 aromatic heterocycles. The lowest BCUT2D eigenvalue weighted by Crippen LogP contribution is -2.32. The normalized spacial score (nSPS) is 13.2. The Kier molecular flexibility index (Phi) is 3.89. The van der Waals surface area contributed by atoms with Crippen LogP contribution < -0.4 is 9.30 Å². The number of furan rings is 1. The first-order chi connectivity index (χ1) is 16.3. The summed E-state index contributed by atoms with van der Waals surface area (Å²) in [5.41, 5.74) is 6.03. The summed E-state index contributed by atoms with van der Waals surface area (Å²) in [5, 5.41) is 9.20. The average Bonchev–Trinajstić information content (AvgIpc) is 3.39. The Morgan fingerprint density at radius 3 is 2.53 bits per heavy atom. The molecular formula is C30H26NO2S+. The van der Waals surface area contributed by atoms with Gasteiger partial charge in [0.25, 0.3) is 0 Å². The van der Waals surface area contributed by atoms with E-state index in [1.165, 1.54) is 33.2 Å². The van der Waals surface area contributed by atoms with Crippen LogP contribution in [-0.4, -0.2) is 0 Å². The van der Waals surface area contributed by atoms with Crippen LogP contribution in [0.2, 0.25) is 0 Å². The Labute approximate surface area is 202 Å². The van der Waals surface area contributed by atoms with Crippen molar-refractivity contribution in [3.8, 4) is 22.8 Å². The smallest absolute Gasteiger partial charge is 0.228 e. The quantitative estimate of drug-likeness (QED) is 0.228. The molecule has 0 radical (unpaired) electrons.